The SMILES string of the molecule is O=C(NCc1nccs1)C(=O)C(Cc1ccccc1)NC(=O)C1CCC(=O)N1Cc1ccccc1. The average molecular weight is 491 g/mol. The second-order valence-corrected chi connectivity index (χ2v) is 9.26. The quantitative estimate of drug-likeness (QED) is 0.424. The Balaban J connectivity index is 1.47. The maximum absolute atomic E-state index is 13.3. The fourth-order valence-corrected chi connectivity index (χ4v) is 4.61. The summed E-state index contributed by atoms with van der Waals surface area (Å²) >= 11 is 1.37. The van der Waals surface area contributed by atoms with Gasteiger partial charge >= 0.3 is 0 Å². The monoisotopic (exact) mass is 490 g/mol. The van der Waals surface area contributed by atoms with Gasteiger partial charge in [-0.1, -0.05) is 60.7 Å². The van der Waals surface area contributed by atoms with E-state index in [4.69, 9.17) is 0 Å². The van der Waals surface area contributed by atoms with Crippen molar-refractivity contribution in [2.24, 2.45) is 0 Å². The molecule has 2 heterocycles. The van der Waals surface area contributed by atoms with Crippen LogP contribution < -0.4 is 10.6 Å². The van der Waals surface area contributed by atoms with E-state index in [1.807, 2.05) is 60.7 Å². The molecule has 2 aromatic carbocycles. The van der Waals surface area contributed by atoms with Gasteiger partial charge in [0.05, 0.1) is 6.54 Å². The van der Waals surface area contributed by atoms with Gasteiger partial charge in [-0.2, -0.15) is 0 Å². The van der Waals surface area contributed by atoms with E-state index < -0.39 is 29.7 Å². The highest BCUT2D eigenvalue weighted by molar-refractivity contribution is 7.09. The van der Waals surface area contributed by atoms with Crippen LogP contribution in [-0.2, 0) is 38.7 Å². The summed E-state index contributed by atoms with van der Waals surface area (Å²) in [6.07, 6.45) is 2.41. The third-order valence-corrected chi connectivity index (χ3v) is 6.63. The van der Waals surface area contributed by atoms with Crippen LogP contribution in [0.5, 0.6) is 0 Å². The normalized spacial score (nSPS) is 16.1. The molecule has 1 saturated heterocycles. The maximum atomic E-state index is 13.3. The van der Waals surface area contributed by atoms with Gasteiger partial charge in [0.15, 0.2) is 0 Å². The van der Waals surface area contributed by atoms with Crippen molar-refractivity contribution in [3.8, 4) is 0 Å². The third-order valence-electron chi connectivity index (χ3n) is 5.85. The van der Waals surface area contributed by atoms with Crippen molar-refractivity contribution >= 4 is 34.8 Å². The minimum absolute atomic E-state index is 0.110. The van der Waals surface area contributed by atoms with Crippen LogP contribution in [0.1, 0.15) is 29.0 Å². The largest absolute Gasteiger partial charge is 0.344 e. The first-order valence-electron chi connectivity index (χ1n) is 11.4. The lowest BCUT2D eigenvalue weighted by atomic mass is 10.0. The van der Waals surface area contributed by atoms with Gasteiger partial charge in [0.25, 0.3) is 5.91 Å². The number of Topliss-reactive ketones (excluding diaryl/α,β-unsaturated/α-hetero) is 1. The van der Waals surface area contributed by atoms with Crippen molar-refractivity contribution in [1.82, 2.24) is 20.5 Å². The first-order valence-corrected chi connectivity index (χ1v) is 12.3. The number of hydrogen-bond acceptors (Lipinski definition) is 6. The fourth-order valence-electron chi connectivity index (χ4n) is 4.05. The van der Waals surface area contributed by atoms with Crippen molar-refractivity contribution in [3.63, 3.8) is 0 Å². The third kappa shape index (κ3) is 6.39. The van der Waals surface area contributed by atoms with Crippen molar-refractivity contribution in [2.75, 3.05) is 0 Å². The predicted octanol–water partition coefficient (Wildman–Crippen LogP) is 2.25. The van der Waals surface area contributed by atoms with E-state index in [2.05, 4.69) is 15.6 Å². The van der Waals surface area contributed by atoms with Gasteiger partial charge in [0.1, 0.15) is 17.1 Å². The molecule has 1 fully saturated rings. The van der Waals surface area contributed by atoms with Crippen LogP contribution in [0.15, 0.2) is 72.2 Å². The summed E-state index contributed by atoms with van der Waals surface area (Å²) in [6.45, 7) is 0.444. The summed E-state index contributed by atoms with van der Waals surface area (Å²) < 4.78 is 0. The van der Waals surface area contributed by atoms with E-state index in [0.717, 1.165) is 11.1 Å². The van der Waals surface area contributed by atoms with Crippen molar-refractivity contribution in [2.45, 2.75) is 44.4 Å². The standard InChI is InChI=1S/C26H26N4O4S/c31-23-12-11-21(30(23)17-19-9-5-2-6-10-19)25(33)29-20(15-18-7-3-1-4-8-18)24(32)26(34)28-16-22-27-13-14-35-22/h1-10,13-14,20-21H,11-12,15-17H2,(H,28,34)(H,29,33). The van der Waals surface area contributed by atoms with Gasteiger partial charge in [-0.25, -0.2) is 4.98 Å². The highest BCUT2D eigenvalue weighted by atomic mass is 32.1. The molecule has 2 unspecified atom stereocenters. The number of carbonyl (C=O) groups is 4. The van der Waals surface area contributed by atoms with E-state index in [0.29, 0.717) is 18.0 Å². The van der Waals surface area contributed by atoms with Gasteiger partial charge in [0, 0.05) is 31.0 Å². The Labute approximate surface area is 207 Å². The van der Waals surface area contributed by atoms with Crippen LogP contribution in [0.25, 0.3) is 0 Å². The minimum atomic E-state index is -1.06. The Bertz CT molecular complexity index is 1170. The summed E-state index contributed by atoms with van der Waals surface area (Å²) in [5, 5.41) is 7.81. The molecule has 0 radical (unpaired) electrons. The van der Waals surface area contributed by atoms with E-state index >= 15 is 0 Å². The van der Waals surface area contributed by atoms with Crippen LogP contribution in [0, 0.1) is 0 Å². The van der Waals surface area contributed by atoms with Crippen LogP contribution in [-0.4, -0.2) is 45.5 Å². The van der Waals surface area contributed by atoms with Crippen LogP contribution in [0.2, 0.25) is 0 Å². The summed E-state index contributed by atoms with van der Waals surface area (Å²) in [6, 6.07) is 16.9. The van der Waals surface area contributed by atoms with Crippen molar-refractivity contribution in [1.29, 1.82) is 0 Å². The Morgan fingerprint density at radius 2 is 1.71 bits per heavy atom. The van der Waals surface area contributed by atoms with E-state index in [-0.39, 0.29) is 25.3 Å². The van der Waals surface area contributed by atoms with Crippen LogP contribution in [0.3, 0.4) is 0 Å². The number of hydrogen-bond donors (Lipinski definition) is 2. The highest BCUT2D eigenvalue weighted by Gasteiger charge is 2.38. The van der Waals surface area contributed by atoms with E-state index in [1.165, 1.54) is 16.2 Å². The number of nitrogens with one attached hydrogen (secondary N) is 2. The first kappa shape index (κ1) is 24.3. The number of nitrogens with zero attached hydrogens (tertiary/aromatic N) is 2. The number of ketones is 1. The maximum Gasteiger partial charge on any atom is 0.289 e. The zero-order valence-electron chi connectivity index (χ0n) is 19.1. The Hall–Kier alpha value is -3.85. The number of aromatic nitrogens is 1. The zero-order valence-corrected chi connectivity index (χ0v) is 19.9. The second kappa shape index (κ2) is 11.5. The Kier molecular flexibility index (Phi) is 7.99. The molecule has 1 aliphatic heterocycles. The summed E-state index contributed by atoms with van der Waals surface area (Å²) in [4.78, 5) is 57.1. The summed E-state index contributed by atoms with van der Waals surface area (Å²) in [5.74, 6) is -2.07. The lowest BCUT2D eigenvalue weighted by molar-refractivity contribution is -0.141. The number of benzene rings is 2. The molecule has 3 aromatic rings. The molecular weight excluding hydrogens is 464 g/mol. The molecule has 1 aliphatic rings. The molecule has 0 saturated carbocycles. The number of carbonyl (C=O) groups excluding carboxylic acids is 4. The molecule has 3 amide bonds. The highest BCUT2D eigenvalue weighted by Crippen LogP contribution is 2.22. The van der Waals surface area contributed by atoms with Crippen LogP contribution in [0.4, 0.5) is 0 Å². The molecule has 2 atom stereocenters. The Morgan fingerprint density at radius 3 is 2.37 bits per heavy atom. The van der Waals surface area contributed by atoms with Gasteiger partial charge in [0.2, 0.25) is 17.6 Å². The van der Waals surface area contributed by atoms with E-state index in [9.17, 15) is 19.2 Å². The Morgan fingerprint density at radius 1 is 1.03 bits per heavy atom. The number of rotatable bonds is 10. The number of thiazole rings is 1. The topological polar surface area (TPSA) is 108 Å². The molecule has 1 aromatic heterocycles. The summed E-state index contributed by atoms with van der Waals surface area (Å²) in [5.41, 5.74) is 1.72. The molecule has 180 valence electrons. The molecule has 4 rings (SSSR count). The predicted molar refractivity (Wildman–Crippen MR) is 131 cm³/mol. The molecule has 2 N–H and O–H groups in total. The second-order valence-electron chi connectivity index (χ2n) is 8.29. The zero-order chi connectivity index (χ0) is 24.6. The number of amides is 3. The lowest BCUT2D eigenvalue weighted by Crippen LogP contribution is -2.53. The first-order chi connectivity index (χ1) is 17.0. The summed E-state index contributed by atoms with van der Waals surface area (Å²) in [7, 11) is 0. The average Bonchev–Trinajstić information content (AvgIpc) is 3.53. The van der Waals surface area contributed by atoms with Gasteiger partial charge in [-0.3, -0.25) is 19.2 Å². The molecule has 0 aliphatic carbocycles. The van der Waals surface area contributed by atoms with Gasteiger partial charge in [-0.15, -0.1) is 11.3 Å². The van der Waals surface area contributed by atoms with Crippen molar-refractivity contribution in [3.05, 3.63) is 88.4 Å². The van der Waals surface area contributed by atoms with Crippen molar-refractivity contribution < 1.29 is 19.2 Å². The molecular formula is C26H26N4O4S. The lowest BCUT2D eigenvalue weighted by Gasteiger charge is -2.26. The van der Waals surface area contributed by atoms with Gasteiger partial charge < -0.3 is 15.5 Å². The van der Waals surface area contributed by atoms with E-state index in [1.54, 1.807) is 11.6 Å². The molecule has 9 heteroatoms. The van der Waals surface area contributed by atoms with Crippen LogP contribution >= 0.6 is 11.3 Å². The molecule has 8 nitrogen and oxygen atoms in total. The smallest absolute Gasteiger partial charge is 0.289 e. The molecule has 35 heavy (non-hydrogen) atoms. The molecule has 0 spiro atoms. The molecule has 0 bridgehead atoms. The van der Waals surface area contributed by atoms with Gasteiger partial charge in [-0.05, 0) is 17.5 Å². The minimum Gasteiger partial charge on any atom is -0.344 e. The fraction of sp³-hybridized carbons (Fsp3) is 0.269. The number of likely N-dealkylation sites (tertiary alicyclic amines) is 1.